The zero-order valence-corrected chi connectivity index (χ0v) is 14.6. The zero-order chi connectivity index (χ0) is 14.3. The number of hydrogen-bond acceptors (Lipinski definition) is 3. The van der Waals surface area contributed by atoms with Gasteiger partial charge in [-0.1, -0.05) is 63.4 Å². The average Bonchev–Trinajstić information content (AvgIpc) is 2.46. The molecule has 19 heavy (non-hydrogen) atoms. The number of hydrogen-bond donors (Lipinski definition) is 2. The van der Waals surface area contributed by atoms with E-state index in [0.717, 1.165) is 5.56 Å². The highest BCUT2D eigenvalue weighted by Crippen LogP contribution is 2.23. The summed E-state index contributed by atoms with van der Waals surface area (Å²) in [5, 5.41) is 5.52. The van der Waals surface area contributed by atoms with Gasteiger partial charge in [-0.15, -0.1) is 0 Å². The van der Waals surface area contributed by atoms with Gasteiger partial charge in [0.15, 0.2) is 0 Å². The van der Waals surface area contributed by atoms with Crippen LogP contribution >= 0.6 is 45.2 Å². The van der Waals surface area contributed by atoms with Crippen LogP contribution in [-0.2, 0) is 9.59 Å². The van der Waals surface area contributed by atoms with Gasteiger partial charge >= 0.3 is 0 Å². The first kappa shape index (κ1) is 16.5. The lowest BCUT2D eigenvalue weighted by molar-refractivity contribution is -0.121. The summed E-state index contributed by atoms with van der Waals surface area (Å²) in [5.74, 6) is 0.325. The topological polar surface area (TPSA) is 67.4 Å². The summed E-state index contributed by atoms with van der Waals surface area (Å²) in [6, 6.07) is 7.26. The number of carbonyl (C=O) groups excluding carboxylic acids is 2. The van der Waals surface area contributed by atoms with Gasteiger partial charge in [0, 0.05) is 5.56 Å². The van der Waals surface area contributed by atoms with Gasteiger partial charge in [0.05, 0.1) is 16.0 Å². The van der Waals surface area contributed by atoms with Gasteiger partial charge < -0.3 is 15.4 Å². The summed E-state index contributed by atoms with van der Waals surface area (Å²) in [5.41, 5.74) is 0.724. The Labute approximate surface area is 139 Å². The third kappa shape index (κ3) is 5.13. The van der Waals surface area contributed by atoms with E-state index in [1.807, 2.05) is 63.4 Å². The van der Waals surface area contributed by atoms with Gasteiger partial charge in [-0.2, -0.15) is 0 Å². The number of para-hydroxylation sites is 1. The maximum absolute atomic E-state index is 11.6. The molecule has 0 spiro atoms. The second-order valence-corrected chi connectivity index (χ2v) is 5.10. The summed E-state index contributed by atoms with van der Waals surface area (Å²) in [6.07, 6.45) is -0.583. The highest BCUT2D eigenvalue weighted by Gasteiger charge is 2.19. The van der Waals surface area contributed by atoms with Crippen molar-refractivity contribution in [2.24, 2.45) is 0 Å². The Kier molecular flexibility index (Phi) is 7.42. The van der Waals surface area contributed by atoms with Crippen molar-refractivity contribution < 1.29 is 14.3 Å². The monoisotopic (exact) mass is 488 g/mol. The first-order valence-electron chi connectivity index (χ1n) is 5.46. The van der Waals surface area contributed by atoms with E-state index in [-0.39, 0.29) is 11.8 Å². The zero-order valence-electron chi connectivity index (χ0n) is 10.3. The lowest BCUT2D eigenvalue weighted by atomic mass is 10.1. The van der Waals surface area contributed by atoms with E-state index in [4.69, 9.17) is 4.74 Å². The molecule has 0 saturated carbocycles. The largest absolute Gasteiger partial charge is 0.496 e. The predicted octanol–water partition coefficient (Wildman–Crippen LogP) is 1.80. The molecule has 5 nitrogen and oxygen atoms in total. The Morgan fingerprint density at radius 3 is 2.16 bits per heavy atom. The van der Waals surface area contributed by atoms with Crippen molar-refractivity contribution in [2.75, 3.05) is 16.0 Å². The van der Waals surface area contributed by atoms with Crippen LogP contribution in [0, 0.1) is 0 Å². The fourth-order valence-corrected chi connectivity index (χ4v) is 1.94. The SMILES string of the molecule is COc1ccccc1C(NC(=O)CI)NC(=O)CI. The standard InChI is InChI=1S/C12H14I2N2O3/c1-19-9-5-3-2-4-8(9)12(15-10(17)6-13)16-11(18)7-14/h2-5,12H,6-7H2,1H3,(H,15,17)(H,16,18). The Hall–Kier alpha value is -0.580. The average molecular weight is 488 g/mol. The molecule has 0 atom stereocenters. The van der Waals surface area contributed by atoms with Gasteiger partial charge in [0.1, 0.15) is 11.9 Å². The van der Waals surface area contributed by atoms with Gasteiger partial charge in [-0.25, -0.2) is 0 Å². The minimum absolute atomic E-state index is 0.148. The number of methoxy groups -OCH3 is 1. The van der Waals surface area contributed by atoms with Crippen molar-refractivity contribution in [3.8, 4) is 5.75 Å². The maximum Gasteiger partial charge on any atom is 0.231 e. The molecule has 0 radical (unpaired) electrons. The summed E-state index contributed by atoms with van der Waals surface area (Å²) in [6.45, 7) is 0. The molecule has 0 fully saturated rings. The Bertz CT molecular complexity index is 436. The number of rotatable bonds is 6. The van der Waals surface area contributed by atoms with Crippen LogP contribution in [0.2, 0.25) is 0 Å². The highest BCUT2D eigenvalue weighted by atomic mass is 127. The molecule has 1 rings (SSSR count). The van der Waals surface area contributed by atoms with Crippen LogP contribution in [0.3, 0.4) is 0 Å². The Morgan fingerprint density at radius 2 is 1.68 bits per heavy atom. The molecular weight excluding hydrogens is 474 g/mol. The highest BCUT2D eigenvalue weighted by molar-refractivity contribution is 14.1. The van der Waals surface area contributed by atoms with Crippen molar-refractivity contribution in [2.45, 2.75) is 6.17 Å². The van der Waals surface area contributed by atoms with Gasteiger partial charge in [0.2, 0.25) is 11.8 Å². The van der Waals surface area contributed by atoms with Crippen molar-refractivity contribution >= 4 is 57.0 Å². The lowest BCUT2D eigenvalue weighted by Gasteiger charge is -2.21. The predicted molar refractivity (Wildman–Crippen MR) is 89.8 cm³/mol. The molecule has 0 aromatic heterocycles. The Balaban J connectivity index is 3.00. The Morgan fingerprint density at radius 1 is 1.16 bits per heavy atom. The van der Waals surface area contributed by atoms with Crippen LogP contribution in [0.1, 0.15) is 11.7 Å². The lowest BCUT2D eigenvalue weighted by Crippen LogP contribution is -2.42. The van der Waals surface area contributed by atoms with Crippen molar-refractivity contribution in [3.63, 3.8) is 0 Å². The summed E-state index contributed by atoms with van der Waals surface area (Å²) < 4.78 is 5.90. The first-order chi connectivity index (χ1) is 9.12. The third-order valence-corrected chi connectivity index (χ3v) is 3.69. The number of amides is 2. The van der Waals surface area contributed by atoms with Crippen molar-refractivity contribution in [1.82, 2.24) is 10.6 Å². The van der Waals surface area contributed by atoms with Crippen molar-refractivity contribution in [3.05, 3.63) is 29.8 Å². The smallest absolute Gasteiger partial charge is 0.231 e. The molecule has 0 saturated heterocycles. The molecule has 7 heteroatoms. The second-order valence-electron chi connectivity index (χ2n) is 3.58. The number of halogens is 2. The molecule has 0 aliphatic heterocycles. The fourth-order valence-electron chi connectivity index (χ4n) is 1.50. The summed E-state index contributed by atoms with van der Waals surface area (Å²) in [7, 11) is 1.55. The number of ether oxygens (including phenoxy) is 1. The summed E-state index contributed by atoms with van der Waals surface area (Å²) in [4.78, 5) is 23.1. The summed E-state index contributed by atoms with van der Waals surface area (Å²) >= 11 is 3.94. The minimum atomic E-state index is -0.583. The number of benzene rings is 1. The van der Waals surface area contributed by atoms with Gasteiger partial charge in [0.25, 0.3) is 0 Å². The van der Waals surface area contributed by atoms with Crippen LogP contribution < -0.4 is 15.4 Å². The van der Waals surface area contributed by atoms with Crippen LogP contribution in [0.15, 0.2) is 24.3 Å². The van der Waals surface area contributed by atoms with Gasteiger partial charge in [-0.05, 0) is 6.07 Å². The number of carbonyl (C=O) groups is 2. The van der Waals surface area contributed by atoms with Crippen LogP contribution in [0.5, 0.6) is 5.75 Å². The normalized spacial score (nSPS) is 10.1. The van der Waals surface area contributed by atoms with E-state index in [9.17, 15) is 9.59 Å². The minimum Gasteiger partial charge on any atom is -0.496 e. The molecule has 2 N–H and O–H groups in total. The van der Waals surface area contributed by atoms with Crippen LogP contribution in [0.25, 0.3) is 0 Å². The van der Waals surface area contributed by atoms with E-state index in [0.29, 0.717) is 14.6 Å². The molecule has 0 aliphatic rings. The molecule has 1 aromatic carbocycles. The molecule has 0 heterocycles. The molecular formula is C12H14I2N2O3. The molecule has 1 aromatic rings. The molecule has 0 aliphatic carbocycles. The fraction of sp³-hybridized carbons (Fsp3) is 0.333. The number of nitrogens with one attached hydrogen (secondary N) is 2. The van der Waals surface area contributed by atoms with E-state index in [1.54, 1.807) is 13.2 Å². The van der Waals surface area contributed by atoms with E-state index in [1.165, 1.54) is 0 Å². The van der Waals surface area contributed by atoms with Gasteiger partial charge in [-0.3, -0.25) is 9.59 Å². The maximum atomic E-state index is 11.6. The van der Waals surface area contributed by atoms with E-state index >= 15 is 0 Å². The van der Waals surface area contributed by atoms with E-state index < -0.39 is 6.17 Å². The molecule has 104 valence electrons. The number of alkyl halides is 2. The van der Waals surface area contributed by atoms with Crippen LogP contribution in [0.4, 0.5) is 0 Å². The molecule has 0 unspecified atom stereocenters. The quantitative estimate of drug-likeness (QED) is 0.365. The van der Waals surface area contributed by atoms with Crippen molar-refractivity contribution in [1.29, 1.82) is 0 Å². The third-order valence-electron chi connectivity index (χ3n) is 2.30. The molecule has 0 bridgehead atoms. The first-order valence-corrected chi connectivity index (χ1v) is 8.51. The molecule has 2 amide bonds. The second kappa shape index (κ2) is 8.56. The van der Waals surface area contributed by atoms with E-state index in [2.05, 4.69) is 10.6 Å². The van der Waals surface area contributed by atoms with Crippen LogP contribution in [-0.4, -0.2) is 27.8 Å².